The van der Waals surface area contributed by atoms with Crippen LogP contribution in [0.25, 0.3) is 10.9 Å². The standard InChI is InChI=1S/C19H19N3O2/c1-13-7-8-16(9-14(13)2)24-12-19(23)22-21-11-15-10-20-18-6-4-3-5-17(15)18/h3-11,20H,12H2,1-2H3,(H,22,23)/b21-11+. The van der Waals surface area contributed by atoms with Gasteiger partial charge >= 0.3 is 0 Å². The fourth-order valence-electron chi connectivity index (χ4n) is 2.36. The molecule has 0 aliphatic rings. The maximum atomic E-state index is 11.8. The van der Waals surface area contributed by atoms with Gasteiger partial charge in [-0.15, -0.1) is 0 Å². The first-order valence-electron chi connectivity index (χ1n) is 7.71. The third kappa shape index (κ3) is 3.63. The molecule has 0 spiro atoms. The molecule has 1 amide bonds. The highest BCUT2D eigenvalue weighted by atomic mass is 16.5. The molecule has 0 bridgehead atoms. The van der Waals surface area contributed by atoms with Crippen molar-refractivity contribution in [3.63, 3.8) is 0 Å². The lowest BCUT2D eigenvalue weighted by Crippen LogP contribution is -2.24. The highest BCUT2D eigenvalue weighted by Gasteiger charge is 2.03. The van der Waals surface area contributed by atoms with Gasteiger partial charge in [-0.1, -0.05) is 24.3 Å². The topological polar surface area (TPSA) is 66.5 Å². The molecule has 2 N–H and O–H groups in total. The predicted molar refractivity (Wildman–Crippen MR) is 95.4 cm³/mol. The minimum Gasteiger partial charge on any atom is -0.484 e. The molecule has 0 saturated heterocycles. The van der Waals surface area contributed by atoms with E-state index in [1.54, 1.807) is 6.21 Å². The molecule has 1 aromatic heterocycles. The average Bonchev–Trinajstić information content (AvgIpc) is 2.99. The van der Waals surface area contributed by atoms with Gasteiger partial charge in [-0.3, -0.25) is 4.79 Å². The normalized spacial score (nSPS) is 11.1. The van der Waals surface area contributed by atoms with Crippen molar-refractivity contribution in [3.8, 4) is 5.75 Å². The Hall–Kier alpha value is -3.08. The number of hydrazone groups is 1. The summed E-state index contributed by atoms with van der Waals surface area (Å²) in [6, 6.07) is 13.6. The third-order valence-corrected chi connectivity index (χ3v) is 3.86. The summed E-state index contributed by atoms with van der Waals surface area (Å²) in [5.74, 6) is 0.373. The lowest BCUT2D eigenvalue weighted by molar-refractivity contribution is -0.123. The quantitative estimate of drug-likeness (QED) is 0.559. The number of carbonyl (C=O) groups excluding carboxylic acids is 1. The Morgan fingerprint density at radius 1 is 1.21 bits per heavy atom. The van der Waals surface area contributed by atoms with E-state index in [0.29, 0.717) is 5.75 Å². The summed E-state index contributed by atoms with van der Waals surface area (Å²) < 4.78 is 5.47. The molecule has 0 radical (unpaired) electrons. The molecule has 5 nitrogen and oxygen atoms in total. The summed E-state index contributed by atoms with van der Waals surface area (Å²) >= 11 is 0. The molecule has 1 heterocycles. The molecule has 24 heavy (non-hydrogen) atoms. The van der Waals surface area contributed by atoms with Crippen LogP contribution in [-0.4, -0.2) is 23.7 Å². The van der Waals surface area contributed by atoms with E-state index in [1.807, 2.05) is 62.5 Å². The molecular formula is C19H19N3O2. The van der Waals surface area contributed by atoms with Crippen LogP contribution in [0, 0.1) is 13.8 Å². The predicted octanol–water partition coefficient (Wildman–Crippen LogP) is 3.31. The lowest BCUT2D eigenvalue weighted by atomic mass is 10.1. The summed E-state index contributed by atoms with van der Waals surface area (Å²) in [5, 5.41) is 5.04. The van der Waals surface area contributed by atoms with Gasteiger partial charge in [-0.2, -0.15) is 5.10 Å². The Morgan fingerprint density at radius 2 is 2.04 bits per heavy atom. The molecule has 0 saturated carbocycles. The van der Waals surface area contributed by atoms with Crippen LogP contribution in [0.2, 0.25) is 0 Å². The summed E-state index contributed by atoms with van der Waals surface area (Å²) in [6.07, 6.45) is 3.47. The SMILES string of the molecule is Cc1ccc(OCC(=O)N/N=C/c2c[nH]c3ccccc23)cc1C. The number of aromatic amines is 1. The third-order valence-electron chi connectivity index (χ3n) is 3.86. The Balaban J connectivity index is 1.54. The molecule has 0 unspecified atom stereocenters. The maximum Gasteiger partial charge on any atom is 0.277 e. The van der Waals surface area contributed by atoms with E-state index in [2.05, 4.69) is 15.5 Å². The van der Waals surface area contributed by atoms with Crippen molar-refractivity contribution in [2.75, 3.05) is 6.61 Å². The van der Waals surface area contributed by atoms with Crippen molar-refractivity contribution < 1.29 is 9.53 Å². The number of H-pyrrole nitrogens is 1. The van der Waals surface area contributed by atoms with Gasteiger partial charge in [0.15, 0.2) is 6.61 Å². The van der Waals surface area contributed by atoms with Crippen LogP contribution in [0.3, 0.4) is 0 Å². The highest BCUT2D eigenvalue weighted by molar-refractivity contribution is 5.99. The molecule has 2 aromatic carbocycles. The van der Waals surface area contributed by atoms with Crippen molar-refractivity contribution in [1.82, 2.24) is 10.4 Å². The van der Waals surface area contributed by atoms with Gasteiger partial charge in [0.1, 0.15) is 5.75 Å². The number of para-hydroxylation sites is 1. The van der Waals surface area contributed by atoms with Crippen molar-refractivity contribution in [2.45, 2.75) is 13.8 Å². The molecule has 0 aliphatic carbocycles. The smallest absolute Gasteiger partial charge is 0.277 e. The first kappa shape index (κ1) is 15.8. The number of rotatable bonds is 5. The van der Waals surface area contributed by atoms with Crippen molar-refractivity contribution in [3.05, 3.63) is 65.4 Å². The molecular weight excluding hydrogens is 302 g/mol. The summed E-state index contributed by atoms with van der Waals surface area (Å²) in [7, 11) is 0. The van der Waals surface area contributed by atoms with Crippen molar-refractivity contribution in [2.24, 2.45) is 5.10 Å². The fourth-order valence-corrected chi connectivity index (χ4v) is 2.36. The Morgan fingerprint density at radius 3 is 2.88 bits per heavy atom. The van der Waals surface area contributed by atoms with Crippen LogP contribution in [-0.2, 0) is 4.79 Å². The van der Waals surface area contributed by atoms with Crippen molar-refractivity contribution >= 4 is 23.0 Å². The number of aromatic nitrogens is 1. The zero-order chi connectivity index (χ0) is 16.9. The number of ether oxygens (including phenoxy) is 1. The fraction of sp³-hybridized carbons (Fsp3) is 0.158. The molecule has 5 heteroatoms. The number of nitrogens with zero attached hydrogens (tertiary/aromatic N) is 1. The molecule has 0 fully saturated rings. The van der Waals surface area contributed by atoms with Gasteiger partial charge in [0.25, 0.3) is 5.91 Å². The first-order chi connectivity index (χ1) is 11.6. The number of hydrogen-bond donors (Lipinski definition) is 2. The zero-order valence-electron chi connectivity index (χ0n) is 13.7. The van der Waals surface area contributed by atoms with E-state index < -0.39 is 0 Å². The van der Waals surface area contributed by atoms with Crippen molar-refractivity contribution in [1.29, 1.82) is 0 Å². The van der Waals surface area contributed by atoms with Gasteiger partial charge in [-0.05, 0) is 43.2 Å². The van der Waals surface area contributed by atoms with Crippen LogP contribution in [0.15, 0.2) is 53.8 Å². The van der Waals surface area contributed by atoms with Crippen LogP contribution in [0.4, 0.5) is 0 Å². The van der Waals surface area contributed by atoms with E-state index in [1.165, 1.54) is 5.56 Å². The molecule has 3 rings (SSSR count). The summed E-state index contributed by atoms with van der Waals surface area (Å²) in [6.45, 7) is 3.97. The molecule has 122 valence electrons. The van der Waals surface area contributed by atoms with E-state index in [-0.39, 0.29) is 12.5 Å². The van der Waals surface area contributed by atoms with E-state index in [4.69, 9.17) is 4.74 Å². The number of hydrogen-bond acceptors (Lipinski definition) is 3. The molecule has 0 atom stereocenters. The van der Waals surface area contributed by atoms with Crippen LogP contribution < -0.4 is 10.2 Å². The van der Waals surface area contributed by atoms with E-state index in [0.717, 1.165) is 22.0 Å². The van der Waals surface area contributed by atoms with E-state index >= 15 is 0 Å². The van der Waals surface area contributed by atoms with Gasteiger partial charge < -0.3 is 9.72 Å². The minimum atomic E-state index is -0.302. The number of nitrogens with one attached hydrogen (secondary N) is 2. The van der Waals surface area contributed by atoms with E-state index in [9.17, 15) is 4.79 Å². The highest BCUT2D eigenvalue weighted by Crippen LogP contribution is 2.16. The number of fused-ring (bicyclic) bond motifs is 1. The number of aryl methyl sites for hydroxylation is 2. The Labute approximate surface area is 140 Å². The largest absolute Gasteiger partial charge is 0.484 e. The second kappa shape index (κ2) is 7.00. The zero-order valence-corrected chi connectivity index (χ0v) is 13.7. The number of carbonyl (C=O) groups is 1. The second-order valence-electron chi connectivity index (χ2n) is 5.62. The van der Waals surface area contributed by atoms with Gasteiger partial charge in [-0.25, -0.2) is 5.43 Å². The average molecular weight is 321 g/mol. The monoisotopic (exact) mass is 321 g/mol. The minimum absolute atomic E-state index is 0.0757. The van der Waals surface area contributed by atoms with Crippen LogP contribution in [0.5, 0.6) is 5.75 Å². The molecule has 3 aromatic rings. The van der Waals surface area contributed by atoms with Gasteiger partial charge in [0.2, 0.25) is 0 Å². The first-order valence-corrected chi connectivity index (χ1v) is 7.71. The van der Waals surface area contributed by atoms with Crippen LogP contribution in [0.1, 0.15) is 16.7 Å². The van der Waals surface area contributed by atoms with Gasteiger partial charge in [0.05, 0.1) is 6.21 Å². The number of benzene rings is 2. The second-order valence-corrected chi connectivity index (χ2v) is 5.62. The Kier molecular flexibility index (Phi) is 4.61. The summed E-state index contributed by atoms with van der Waals surface area (Å²) in [5.41, 5.74) is 6.74. The maximum absolute atomic E-state index is 11.8. The lowest BCUT2D eigenvalue weighted by Gasteiger charge is -2.07. The summed E-state index contributed by atoms with van der Waals surface area (Å²) in [4.78, 5) is 15.0. The van der Waals surface area contributed by atoms with Gasteiger partial charge in [0, 0.05) is 22.7 Å². The van der Waals surface area contributed by atoms with Crippen LogP contribution >= 0.6 is 0 Å². The Bertz CT molecular complexity index is 897. The molecule has 0 aliphatic heterocycles. The number of amides is 1.